The van der Waals surface area contributed by atoms with Gasteiger partial charge >= 0.3 is 0 Å². The molecule has 31 heavy (non-hydrogen) atoms. The van der Waals surface area contributed by atoms with Crippen LogP contribution in [0.2, 0.25) is 0 Å². The first-order valence-electron chi connectivity index (χ1n) is 9.71. The molecular weight excluding hydrogens is 426 g/mol. The Morgan fingerprint density at radius 2 is 1.77 bits per heavy atom. The molecule has 1 fully saturated rings. The van der Waals surface area contributed by atoms with Crippen molar-refractivity contribution in [1.29, 1.82) is 0 Å². The Bertz CT molecular complexity index is 1210. The predicted molar refractivity (Wildman–Crippen MR) is 110 cm³/mol. The van der Waals surface area contributed by atoms with Gasteiger partial charge in [-0.1, -0.05) is 0 Å². The zero-order valence-electron chi connectivity index (χ0n) is 16.8. The second-order valence-electron chi connectivity index (χ2n) is 7.30. The Kier molecular flexibility index (Phi) is 5.54. The van der Waals surface area contributed by atoms with Crippen molar-refractivity contribution in [2.45, 2.75) is 31.2 Å². The van der Waals surface area contributed by atoms with Crippen molar-refractivity contribution in [1.82, 2.24) is 8.87 Å². The minimum absolute atomic E-state index is 0.0117. The van der Waals surface area contributed by atoms with Crippen molar-refractivity contribution in [3.63, 3.8) is 0 Å². The van der Waals surface area contributed by atoms with Gasteiger partial charge in [-0.25, -0.2) is 8.42 Å². The van der Waals surface area contributed by atoms with Gasteiger partial charge in [0.05, 0.1) is 10.6 Å². The van der Waals surface area contributed by atoms with Crippen LogP contribution in [0.5, 0.6) is 11.5 Å². The fourth-order valence-corrected chi connectivity index (χ4v) is 5.08. The van der Waals surface area contributed by atoms with Crippen LogP contribution in [0.3, 0.4) is 0 Å². The third-order valence-electron chi connectivity index (χ3n) is 5.14. The summed E-state index contributed by atoms with van der Waals surface area (Å²) in [5, 5.41) is 2.60. The number of fused-ring (bicyclic) bond motifs is 1. The first-order valence-corrected chi connectivity index (χ1v) is 11.1. The maximum absolute atomic E-state index is 12.7. The molecule has 1 aromatic carbocycles. The number of ketones is 1. The van der Waals surface area contributed by atoms with Crippen LogP contribution in [0, 0.1) is 0 Å². The average molecular weight is 447 g/mol. The Morgan fingerprint density at radius 3 is 2.45 bits per heavy atom. The average Bonchev–Trinajstić information content (AvgIpc) is 3.40. The minimum atomic E-state index is -3.73. The summed E-state index contributed by atoms with van der Waals surface area (Å²) in [6.07, 6.45) is 2.74. The monoisotopic (exact) mass is 447 g/mol. The number of nitrogens with zero attached hydrogens (tertiary/aromatic N) is 2. The van der Waals surface area contributed by atoms with E-state index < -0.39 is 28.0 Å². The standard InChI is InChI=1S/C20H21N3O7S/c1-13(24)15-8-17-18(30-12-29-17)9-16(15)21-19(25)11-22-10-14(4-5-20(22)26)31(27,28)23-6-2-3-7-23/h4-5,8-10H,2-3,6-7,11-12H2,1H3,(H,21,25). The molecule has 1 N–H and O–H groups in total. The first kappa shape index (κ1) is 21.1. The highest BCUT2D eigenvalue weighted by Crippen LogP contribution is 2.37. The molecule has 11 heteroatoms. The second-order valence-corrected chi connectivity index (χ2v) is 9.24. The Hall–Kier alpha value is -3.18. The topological polar surface area (TPSA) is 124 Å². The number of anilines is 1. The summed E-state index contributed by atoms with van der Waals surface area (Å²) in [4.78, 5) is 36.8. The molecule has 2 aromatic rings. The van der Waals surface area contributed by atoms with E-state index in [2.05, 4.69) is 5.32 Å². The number of carbonyl (C=O) groups excluding carboxylic acids is 2. The van der Waals surface area contributed by atoms with E-state index in [0.29, 0.717) is 24.6 Å². The lowest BCUT2D eigenvalue weighted by atomic mass is 10.1. The summed E-state index contributed by atoms with van der Waals surface area (Å²) >= 11 is 0. The quantitative estimate of drug-likeness (QED) is 0.660. The number of benzene rings is 1. The van der Waals surface area contributed by atoms with Gasteiger partial charge in [0.1, 0.15) is 6.54 Å². The van der Waals surface area contributed by atoms with Crippen LogP contribution in [-0.4, -0.2) is 48.9 Å². The first-order chi connectivity index (χ1) is 14.8. The smallest absolute Gasteiger partial charge is 0.251 e. The van der Waals surface area contributed by atoms with Crippen molar-refractivity contribution < 1.29 is 27.5 Å². The highest BCUT2D eigenvalue weighted by Gasteiger charge is 2.28. The van der Waals surface area contributed by atoms with Gasteiger partial charge in [-0.2, -0.15) is 4.31 Å². The summed E-state index contributed by atoms with van der Waals surface area (Å²) in [7, 11) is -3.73. The van der Waals surface area contributed by atoms with Crippen molar-refractivity contribution in [2.75, 3.05) is 25.2 Å². The van der Waals surface area contributed by atoms with E-state index in [9.17, 15) is 22.8 Å². The van der Waals surface area contributed by atoms with Crippen molar-refractivity contribution in [3.8, 4) is 11.5 Å². The van der Waals surface area contributed by atoms with Gasteiger partial charge in [-0.3, -0.25) is 14.4 Å². The highest BCUT2D eigenvalue weighted by molar-refractivity contribution is 7.89. The number of aromatic nitrogens is 1. The summed E-state index contributed by atoms with van der Waals surface area (Å²) < 4.78 is 38.4. The van der Waals surface area contributed by atoms with Gasteiger partial charge in [0.2, 0.25) is 22.7 Å². The number of ether oxygens (including phenoxy) is 2. The molecule has 164 valence electrons. The lowest BCUT2D eigenvalue weighted by Gasteiger charge is -2.16. The van der Waals surface area contributed by atoms with E-state index in [1.807, 2.05) is 0 Å². The highest BCUT2D eigenvalue weighted by atomic mass is 32.2. The van der Waals surface area contributed by atoms with E-state index in [-0.39, 0.29) is 28.7 Å². The van der Waals surface area contributed by atoms with Crippen LogP contribution in [0.25, 0.3) is 0 Å². The Labute approximate surface area is 178 Å². The number of Topliss-reactive ketones (excluding diaryl/α,β-unsaturated/α-hetero) is 1. The molecule has 1 saturated heterocycles. The summed E-state index contributed by atoms with van der Waals surface area (Å²) in [6, 6.07) is 5.33. The molecule has 0 saturated carbocycles. The number of hydrogen-bond acceptors (Lipinski definition) is 7. The number of sulfonamides is 1. The van der Waals surface area contributed by atoms with Gasteiger partial charge in [-0.15, -0.1) is 0 Å². The predicted octanol–water partition coefficient (Wildman–Crippen LogP) is 1.20. The Morgan fingerprint density at radius 1 is 1.10 bits per heavy atom. The van der Waals surface area contributed by atoms with Gasteiger partial charge in [0.15, 0.2) is 17.3 Å². The molecule has 0 bridgehead atoms. The number of pyridine rings is 1. The SMILES string of the molecule is CC(=O)c1cc2c(cc1NC(=O)Cn1cc(S(=O)(=O)N3CCCC3)ccc1=O)OCO2. The molecule has 0 aliphatic carbocycles. The van der Waals surface area contributed by atoms with Crippen LogP contribution in [0.15, 0.2) is 40.2 Å². The molecule has 2 aliphatic heterocycles. The third-order valence-corrected chi connectivity index (χ3v) is 7.02. The number of rotatable bonds is 6. The van der Waals surface area contributed by atoms with Crippen LogP contribution in [0.1, 0.15) is 30.1 Å². The molecule has 1 aromatic heterocycles. The molecule has 0 atom stereocenters. The van der Waals surface area contributed by atoms with E-state index in [4.69, 9.17) is 9.47 Å². The fraction of sp³-hybridized carbons (Fsp3) is 0.350. The van der Waals surface area contributed by atoms with Gasteiger partial charge in [0.25, 0.3) is 5.56 Å². The molecule has 4 rings (SSSR count). The molecule has 10 nitrogen and oxygen atoms in total. The maximum Gasteiger partial charge on any atom is 0.251 e. The zero-order valence-corrected chi connectivity index (χ0v) is 17.6. The van der Waals surface area contributed by atoms with Crippen LogP contribution >= 0.6 is 0 Å². The van der Waals surface area contributed by atoms with Crippen LogP contribution in [-0.2, 0) is 21.4 Å². The van der Waals surface area contributed by atoms with Crippen molar-refractivity contribution >= 4 is 27.4 Å². The summed E-state index contributed by atoms with van der Waals surface area (Å²) in [6.45, 7) is 1.80. The van der Waals surface area contributed by atoms with Gasteiger partial charge < -0.3 is 19.4 Å². The van der Waals surface area contributed by atoms with E-state index >= 15 is 0 Å². The number of nitrogens with one attached hydrogen (secondary N) is 1. The van der Waals surface area contributed by atoms with Crippen LogP contribution < -0.4 is 20.3 Å². The number of carbonyl (C=O) groups is 2. The largest absolute Gasteiger partial charge is 0.454 e. The normalized spacial score (nSPS) is 15.8. The lowest BCUT2D eigenvalue weighted by Crippen LogP contribution is -2.31. The Balaban J connectivity index is 1.57. The lowest BCUT2D eigenvalue weighted by molar-refractivity contribution is -0.116. The van der Waals surface area contributed by atoms with Crippen LogP contribution in [0.4, 0.5) is 5.69 Å². The molecule has 0 unspecified atom stereocenters. The zero-order chi connectivity index (χ0) is 22.2. The maximum atomic E-state index is 12.7. The van der Waals surface area contributed by atoms with E-state index in [1.165, 1.54) is 35.6 Å². The molecule has 2 aliphatic rings. The molecule has 1 amide bonds. The second kappa shape index (κ2) is 8.16. The van der Waals surface area contributed by atoms with Crippen molar-refractivity contribution in [3.05, 3.63) is 46.4 Å². The molecule has 0 spiro atoms. The minimum Gasteiger partial charge on any atom is -0.454 e. The molecular formula is C20H21N3O7S. The number of hydrogen-bond donors (Lipinski definition) is 1. The van der Waals surface area contributed by atoms with Gasteiger partial charge in [-0.05, 0) is 31.9 Å². The summed E-state index contributed by atoms with van der Waals surface area (Å²) in [5.41, 5.74) is -0.0704. The van der Waals surface area contributed by atoms with E-state index in [0.717, 1.165) is 23.5 Å². The van der Waals surface area contributed by atoms with Gasteiger partial charge in [0, 0.05) is 37.0 Å². The molecule has 3 heterocycles. The third kappa shape index (κ3) is 4.19. The summed E-state index contributed by atoms with van der Waals surface area (Å²) in [5.74, 6) is -0.0981. The van der Waals surface area contributed by atoms with E-state index in [1.54, 1.807) is 0 Å². The van der Waals surface area contributed by atoms with Crippen molar-refractivity contribution in [2.24, 2.45) is 0 Å². The fourth-order valence-electron chi connectivity index (χ4n) is 3.54. The molecule has 0 radical (unpaired) electrons. The number of amides is 1.